The Morgan fingerprint density at radius 3 is 2.74 bits per heavy atom. The molecule has 1 aromatic carbocycles. The molecule has 0 atom stereocenters. The Morgan fingerprint density at radius 1 is 1.39 bits per heavy atom. The molecule has 120 valence electrons. The Labute approximate surface area is 135 Å². The molecule has 0 aliphatic rings. The molecule has 0 spiro atoms. The standard InChI is InChI=1S/C17H19N3O3/c1-11-15(14(10-18-5)20-23-11)12-8-6-7-9-13(12)19-16(21)22-17(2,3)4/h6-9H,10H2,1-4H3,(H,19,21). The molecule has 0 unspecified atom stereocenters. The van der Waals surface area contributed by atoms with Gasteiger partial charge in [0.2, 0.25) is 0 Å². The lowest BCUT2D eigenvalue weighted by Gasteiger charge is -2.20. The molecule has 0 aliphatic heterocycles. The zero-order valence-electron chi connectivity index (χ0n) is 13.6. The van der Waals surface area contributed by atoms with E-state index in [1.54, 1.807) is 33.8 Å². The number of hydrogen-bond acceptors (Lipinski definition) is 4. The lowest BCUT2D eigenvalue weighted by atomic mass is 10.0. The van der Waals surface area contributed by atoms with Crippen molar-refractivity contribution in [3.63, 3.8) is 0 Å². The van der Waals surface area contributed by atoms with Crippen LogP contribution in [0, 0.1) is 13.5 Å². The topological polar surface area (TPSA) is 68.7 Å². The van der Waals surface area contributed by atoms with E-state index in [4.69, 9.17) is 15.8 Å². The van der Waals surface area contributed by atoms with Gasteiger partial charge in [-0.15, -0.1) is 0 Å². The van der Waals surface area contributed by atoms with Crippen molar-refractivity contribution in [2.24, 2.45) is 0 Å². The smallest absolute Gasteiger partial charge is 0.412 e. The number of aryl methyl sites for hydroxylation is 1. The third kappa shape index (κ3) is 4.10. The summed E-state index contributed by atoms with van der Waals surface area (Å²) < 4.78 is 10.5. The third-order valence-corrected chi connectivity index (χ3v) is 2.99. The zero-order chi connectivity index (χ0) is 17.0. The van der Waals surface area contributed by atoms with Gasteiger partial charge in [0.25, 0.3) is 6.54 Å². The van der Waals surface area contributed by atoms with Gasteiger partial charge in [-0.25, -0.2) is 11.4 Å². The molecular formula is C17H19N3O3. The summed E-state index contributed by atoms with van der Waals surface area (Å²) >= 11 is 0. The van der Waals surface area contributed by atoms with Crippen LogP contribution in [0.25, 0.3) is 16.0 Å². The molecule has 0 saturated carbocycles. The lowest BCUT2D eigenvalue weighted by molar-refractivity contribution is 0.0636. The number of carbonyl (C=O) groups is 1. The van der Waals surface area contributed by atoms with Gasteiger partial charge >= 0.3 is 6.09 Å². The van der Waals surface area contributed by atoms with Gasteiger partial charge in [-0.2, -0.15) is 0 Å². The fraction of sp³-hybridized carbons (Fsp3) is 0.353. The minimum atomic E-state index is -0.582. The largest absolute Gasteiger partial charge is 0.444 e. The monoisotopic (exact) mass is 313 g/mol. The van der Waals surface area contributed by atoms with E-state index in [1.807, 2.05) is 18.2 Å². The van der Waals surface area contributed by atoms with Crippen molar-refractivity contribution in [3.05, 3.63) is 47.1 Å². The molecule has 6 heteroatoms. The molecule has 0 fully saturated rings. The second-order valence-corrected chi connectivity index (χ2v) is 6.05. The summed E-state index contributed by atoms with van der Waals surface area (Å²) in [5, 5.41) is 6.67. The van der Waals surface area contributed by atoms with Crippen molar-refractivity contribution in [1.82, 2.24) is 5.16 Å². The Bertz CT molecular complexity index is 751. The van der Waals surface area contributed by atoms with Gasteiger partial charge in [-0.05, 0) is 33.8 Å². The fourth-order valence-corrected chi connectivity index (χ4v) is 2.17. The van der Waals surface area contributed by atoms with Crippen LogP contribution in [0.2, 0.25) is 0 Å². The van der Waals surface area contributed by atoms with Crippen LogP contribution >= 0.6 is 0 Å². The minimum absolute atomic E-state index is 0.118. The number of benzene rings is 1. The van der Waals surface area contributed by atoms with Crippen LogP contribution < -0.4 is 5.32 Å². The first kappa shape index (κ1) is 16.6. The van der Waals surface area contributed by atoms with Crippen molar-refractivity contribution in [3.8, 4) is 11.1 Å². The van der Waals surface area contributed by atoms with Gasteiger partial charge in [0.1, 0.15) is 11.4 Å². The average Bonchev–Trinajstić information content (AvgIpc) is 2.79. The van der Waals surface area contributed by atoms with Gasteiger partial charge in [0.15, 0.2) is 5.69 Å². The number of nitrogens with one attached hydrogen (secondary N) is 1. The Balaban J connectivity index is 2.37. The highest BCUT2D eigenvalue weighted by Crippen LogP contribution is 2.33. The van der Waals surface area contributed by atoms with Crippen LogP contribution in [0.1, 0.15) is 32.2 Å². The van der Waals surface area contributed by atoms with E-state index in [2.05, 4.69) is 15.3 Å². The molecule has 2 rings (SSSR count). The number of hydrogen-bond donors (Lipinski definition) is 1. The summed E-state index contributed by atoms with van der Waals surface area (Å²) in [7, 11) is 0. The predicted octanol–water partition coefficient (Wildman–Crippen LogP) is 4.42. The normalized spacial score (nSPS) is 10.9. The first-order chi connectivity index (χ1) is 10.8. The summed E-state index contributed by atoms with van der Waals surface area (Å²) in [6, 6.07) is 7.28. The Morgan fingerprint density at radius 2 is 2.09 bits per heavy atom. The van der Waals surface area contributed by atoms with Crippen molar-refractivity contribution in [2.45, 2.75) is 39.8 Å². The van der Waals surface area contributed by atoms with Crippen LogP contribution in [-0.2, 0) is 11.3 Å². The highest BCUT2D eigenvalue weighted by Gasteiger charge is 2.21. The molecular weight excluding hydrogens is 294 g/mol. The summed E-state index contributed by atoms with van der Waals surface area (Å²) in [4.78, 5) is 15.4. The van der Waals surface area contributed by atoms with Crippen molar-refractivity contribution in [2.75, 3.05) is 5.32 Å². The second-order valence-electron chi connectivity index (χ2n) is 6.05. The second kappa shape index (κ2) is 6.53. The lowest BCUT2D eigenvalue weighted by Crippen LogP contribution is -2.27. The van der Waals surface area contributed by atoms with E-state index >= 15 is 0 Å². The third-order valence-electron chi connectivity index (χ3n) is 2.99. The van der Waals surface area contributed by atoms with Crippen LogP contribution in [-0.4, -0.2) is 16.9 Å². The fourth-order valence-electron chi connectivity index (χ4n) is 2.17. The van der Waals surface area contributed by atoms with Crippen LogP contribution in [0.15, 0.2) is 28.8 Å². The number of carbonyl (C=O) groups excluding carboxylic acids is 1. The summed E-state index contributed by atoms with van der Waals surface area (Å²) in [5.41, 5.74) is 2.03. The number of para-hydroxylation sites is 1. The molecule has 2 aromatic rings. The predicted molar refractivity (Wildman–Crippen MR) is 86.8 cm³/mol. The summed E-state index contributed by atoms with van der Waals surface area (Å²) in [6.45, 7) is 14.3. The molecule has 23 heavy (non-hydrogen) atoms. The number of aromatic nitrogens is 1. The number of ether oxygens (including phenoxy) is 1. The van der Waals surface area contributed by atoms with Crippen molar-refractivity contribution in [1.29, 1.82) is 0 Å². The minimum Gasteiger partial charge on any atom is -0.444 e. The average molecular weight is 313 g/mol. The zero-order valence-corrected chi connectivity index (χ0v) is 13.6. The van der Waals surface area contributed by atoms with Crippen molar-refractivity contribution >= 4 is 11.8 Å². The van der Waals surface area contributed by atoms with E-state index in [-0.39, 0.29) is 6.54 Å². The first-order valence-corrected chi connectivity index (χ1v) is 7.19. The SMILES string of the molecule is [C-]#[N+]Cc1noc(C)c1-c1ccccc1NC(=O)OC(C)(C)C. The van der Waals surface area contributed by atoms with Gasteiger partial charge in [0, 0.05) is 5.56 Å². The van der Waals surface area contributed by atoms with Crippen LogP contribution in [0.3, 0.4) is 0 Å². The maximum atomic E-state index is 12.0. The quantitative estimate of drug-likeness (QED) is 0.852. The maximum absolute atomic E-state index is 12.0. The summed E-state index contributed by atoms with van der Waals surface area (Å²) in [5.74, 6) is 0.599. The van der Waals surface area contributed by atoms with Gasteiger partial charge in [-0.1, -0.05) is 23.4 Å². The Kier molecular flexibility index (Phi) is 4.70. The molecule has 1 heterocycles. The van der Waals surface area contributed by atoms with Gasteiger partial charge < -0.3 is 14.1 Å². The molecule has 1 aromatic heterocycles. The number of amides is 1. The van der Waals surface area contributed by atoms with Crippen molar-refractivity contribution < 1.29 is 14.1 Å². The van der Waals surface area contributed by atoms with E-state index in [9.17, 15) is 4.79 Å². The van der Waals surface area contributed by atoms with E-state index < -0.39 is 11.7 Å². The first-order valence-electron chi connectivity index (χ1n) is 7.19. The van der Waals surface area contributed by atoms with E-state index in [1.165, 1.54) is 0 Å². The highest BCUT2D eigenvalue weighted by molar-refractivity contribution is 5.92. The van der Waals surface area contributed by atoms with Crippen LogP contribution in [0.4, 0.5) is 10.5 Å². The number of nitrogens with zero attached hydrogens (tertiary/aromatic N) is 2. The van der Waals surface area contributed by atoms with E-state index in [0.29, 0.717) is 17.1 Å². The molecule has 0 bridgehead atoms. The van der Waals surface area contributed by atoms with Gasteiger partial charge in [0.05, 0.1) is 11.3 Å². The van der Waals surface area contributed by atoms with Gasteiger partial charge in [-0.3, -0.25) is 5.32 Å². The molecule has 0 saturated heterocycles. The molecule has 0 radical (unpaired) electrons. The Hall–Kier alpha value is -2.81. The molecule has 6 nitrogen and oxygen atoms in total. The highest BCUT2D eigenvalue weighted by atomic mass is 16.6. The summed E-state index contributed by atoms with van der Waals surface area (Å²) in [6.07, 6.45) is -0.536. The number of rotatable bonds is 3. The molecule has 0 aliphatic carbocycles. The maximum Gasteiger partial charge on any atom is 0.412 e. The van der Waals surface area contributed by atoms with E-state index in [0.717, 1.165) is 11.1 Å². The molecule has 1 amide bonds. The van der Waals surface area contributed by atoms with Crippen LogP contribution in [0.5, 0.6) is 0 Å². The molecule has 1 N–H and O–H groups in total. The number of anilines is 1.